The molecule has 1 aliphatic carbocycles. The summed E-state index contributed by atoms with van der Waals surface area (Å²) < 4.78 is 1.82. The summed E-state index contributed by atoms with van der Waals surface area (Å²) in [5.74, 6) is 1.37. The van der Waals surface area contributed by atoms with E-state index in [0.29, 0.717) is 17.9 Å². The van der Waals surface area contributed by atoms with Crippen LogP contribution in [0.15, 0.2) is 27.1 Å². The van der Waals surface area contributed by atoms with Gasteiger partial charge in [-0.15, -0.1) is 0 Å². The number of carbonyl (C=O) groups excluding carboxylic acids is 1. The molecule has 1 saturated carbocycles. The minimum atomic E-state index is 0.132. The number of rotatable bonds is 1. The molecule has 108 valence electrons. The first-order valence-corrected chi connectivity index (χ1v) is 8.63. The van der Waals surface area contributed by atoms with Gasteiger partial charge in [0.15, 0.2) is 0 Å². The van der Waals surface area contributed by atoms with Gasteiger partial charge in [0.25, 0.3) is 5.91 Å². The molecule has 0 spiro atoms. The molecule has 2 aliphatic rings. The second-order valence-corrected chi connectivity index (χ2v) is 7.70. The summed E-state index contributed by atoms with van der Waals surface area (Å²) in [6, 6.07) is 6.04. The zero-order valence-corrected chi connectivity index (χ0v) is 14.4. The first-order valence-electron chi connectivity index (χ1n) is 7.04. The normalized spacial score (nSPS) is 29.4. The van der Waals surface area contributed by atoms with Crippen molar-refractivity contribution in [3.8, 4) is 0 Å². The minimum Gasteiger partial charge on any atom is -0.338 e. The summed E-state index contributed by atoms with van der Waals surface area (Å²) >= 11 is 6.90. The minimum absolute atomic E-state index is 0.132. The number of carbonyl (C=O) groups is 1. The van der Waals surface area contributed by atoms with Crippen LogP contribution < -0.4 is 5.73 Å². The Morgan fingerprint density at radius 1 is 1.20 bits per heavy atom. The molecule has 1 saturated heterocycles. The largest absolute Gasteiger partial charge is 0.338 e. The van der Waals surface area contributed by atoms with Gasteiger partial charge in [0, 0.05) is 28.1 Å². The molecule has 1 aliphatic heterocycles. The van der Waals surface area contributed by atoms with E-state index < -0.39 is 0 Å². The van der Waals surface area contributed by atoms with Crippen LogP contribution in [-0.4, -0.2) is 29.9 Å². The third-order valence-corrected chi connectivity index (χ3v) is 5.69. The Kier molecular flexibility index (Phi) is 4.20. The molecule has 3 rings (SSSR count). The molecular formula is C15H18Br2N2O. The van der Waals surface area contributed by atoms with E-state index in [9.17, 15) is 4.79 Å². The molecule has 1 amide bonds. The first kappa shape index (κ1) is 14.5. The second-order valence-electron chi connectivity index (χ2n) is 5.93. The Hall–Kier alpha value is -0.390. The molecule has 1 unspecified atom stereocenters. The van der Waals surface area contributed by atoms with Crippen LogP contribution in [0.2, 0.25) is 0 Å². The zero-order chi connectivity index (χ0) is 14.3. The molecule has 20 heavy (non-hydrogen) atoms. The molecule has 3 atom stereocenters. The van der Waals surface area contributed by atoms with E-state index in [1.165, 1.54) is 0 Å². The highest BCUT2D eigenvalue weighted by atomic mass is 79.9. The van der Waals surface area contributed by atoms with Gasteiger partial charge in [-0.2, -0.15) is 0 Å². The van der Waals surface area contributed by atoms with Crippen molar-refractivity contribution in [3.63, 3.8) is 0 Å². The first-order chi connectivity index (χ1) is 9.54. The van der Waals surface area contributed by atoms with Crippen molar-refractivity contribution >= 4 is 37.8 Å². The Labute approximate surface area is 136 Å². The number of nitrogens with two attached hydrogens (primary N) is 1. The molecule has 5 heteroatoms. The predicted molar refractivity (Wildman–Crippen MR) is 86.6 cm³/mol. The van der Waals surface area contributed by atoms with E-state index in [1.807, 2.05) is 23.1 Å². The number of fused-ring (bicyclic) bond motifs is 1. The van der Waals surface area contributed by atoms with Crippen molar-refractivity contribution < 1.29 is 4.79 Å². The fourth-order valence-electron chi connectivity index (χ4n) is 3.47. The van der Waals surface area contributed by atoms with Gasteiger partial charge in [-0.1, -0.05) is 15.9 Å². The summed E-state index contributed by atoms with van der Waals surface area (Å²) in [5.41, 5.74) is 6.79. The number of hydrogen-bond acceptors (Lipinski definition) is 2. The third-order valence-electron chi connectivity index (χ3n) is 4.54. The Bertz CT molecular complexity index is 535. The third kappa shape index (κ3) is 2.81. The van der Waals surface area contributed by atoms with Crippen molar-refractivity contribution in [2.75, 3.05) is 13.1 Å². The lowest BCUT2D eigenvalue weighted by Crippen LogP contribution is -2.32. The number of halogens is 2. The Morgan fingerprint density at radius 3 is 2.70 bits per heavy atom. The smallest absolute Gasteiger partial charge is 0.255 e. The summed E-state index contributed by atoms with van der Waals surface area (Å²) in [5, 5.41) is 0. The van der Waals surface area contributed by atoms with Gasteiger partial charge in [0.05, 0.1) is 5.56 Å². The van der Waals surface area contributed by atoms with E-state index in [0.717, 1.165) is 46.9 Å². The highest BCUT2D eigenvalue weighted by Crippen LogP contribution is 2.36. The highest BCUT2D eigenvalue weighted by molar-refractivity contribution is 9.11. The van der Waals surface area contributed by atoms with E-state index in [1.54, 1.807) is 0 Å². The number of hydrogen-bond donors (Lipinski definition) is 1. The standard InChI is InChI=1S/C15H18Br2N2O/c16-11-2-4-13(14(17)6-11)15(20)19-7-9-1-3-12(18)5-10(9)8-19/h2,4,6,9-10,12H,1,3,5,7-8,18H2/t9-,10+,12?/m1/s1. The Morgan fingerprint density at radius 2 is 1.95 bits per heavy atom. The van der Waals surface area contributed by atoms with Crippen molar-refractivity contribution in [1.82, 2.24) is 4.90 Å². The molecular weight excluding hydrogens is 384 g/mol. The van der Waals surface area contributed by atoms with Crippen LogP contribution in [-0.2, 0) is 0 Å². The molecule has 2 fully saturated rings. The number of likely N-dealkylation sites (tertiary alicyclic amines) is 1. The number of benzene rings is 1. The van der Waals surface area contributed by atoms with Gasteiger partial charge in [-0.05, 0) is 65.2 Å². The average Bonchev–Trinajstić information content (AvgIpc) is 2.81. The monoisotopic (exact) mass is 400 g/mol. The van der Waals surface area contributed by atoms with E-state index in [2.05, 4.69) is 31.9 Å². The molecule has 0 aromatic heterocycles. The fourth-order valence-corrected chi connectivity index (χ4v) is 4.68. The lowest BCUT2D eigenvalue weighted by molar-refractivity contribution is 0.0783. The number of nitrogens with zero attached hydrogens (tertiary/aromatic N) is 1. The quantitative estimate of drug-likeness (QED) is 0.783. The molecule has 0 radical (unpaired) electrons. The van der Waals surface area contributed by atoms with Gasteiger partial charge in [0.1, 0.15) is 0 Å². The van der Waals surface area contributed by atoms with E-state index in [4.69, 9.17) is 5.73 Å². The lowest BCUT2D eigenvalue weighted by Gasteiger charge is -2.27. The summed E-state index contributed by atoms with van der Waals surface area (Å²) in [7, 11) is 0. The van der Waals surface area contributed by atoms with Crippen LogP contribution in [0, 0.1) is 11.8 Å². The van der Waals surface area contributed by atoms with Crippen LogP contribution in [0.5, 0.6) is 0 Å². The SMILES string of the molecule is NC1CC[C@@H]2CN(C(=O)c3ccc(Br)cc3Br)C[C@@H]2C1. The van der Waals surface area contributed by atoms with E-state index >= 15 is 0 Å². The van der Waals surface area contributed by atoms with Gasteiger partial charge in [-0.25, -0.2) is 0 Å². The fraction of sp³-hybridized carbons (Fsp3) is 0.533. The second kappa shape index (κ2) is 5.78. The van der Waals surface area contributed by atoms with Crippen molar-refractivity contribution in [1.29, 1.82) is 0 Å². The predicted octanol–water partition coefficient (Wildman–Crippen LogP) is 3.41. The lowest BCUT2D eigenvalue weighted by atomic mass is 9.79. The van der Waals surface area contributed by atoms with Crippen LogP contribution in [0.1, 0.15) is 29.6 Å². The maximum atomic E-state index is 12.7. The van der Waals surface area contributed by atoms with Crippen LogP contribution in [0.3, 0.4) is 0 Å². The van der Waals surface area contributed by atoms with Gasteiger partial charge >= 0.3 is 0 Å². The topological polar surface area (TPSA) is 46.3 Å². The van der Waals surface area contributed by atoms with Gasteiger partial charge in [0.2, 0.25) is 0 Å². The maximum Gasteiger partial charge on any atom is 0.255 e. The molecule has 1 aromatic carbocycles. The molecule has 0 bridgehead atoms. The summed E-state index contributed by atoms with van der Waals surface area (Å²) in [6.45, 7) is 1.75. The van der Waals surface area contributed by atoms with Crippen LogP contribution in [0.25, 0.3) is 0 Å². The Balaban J connectivity index is 1.75. The van der Waals surface area contributed by atoms with E-state index in [-0.39, 0.29) is 5.91 Å². The summed E-state index contributed by atoms with van der Waals surface area (Å²) in [4.78, 5) is 14.7. The zero-order valence-electron chi connectivity index (χ0n) is 11.2. The molecule has 2 N–H and O–H groups in total. The van der Waals surface area contributed by atoms with Gasteiger partial charge < -0.3 is 10.6 Å². The maximum absolute atomic E-state index is 12.7. The number of amides is 1. The molecule has 3 nitrogen and oxygen atoms in total. The average molecular weight is 402 g/mol. The summed E-state index contributed by atoms with van der Waals surface area (Å²) in [6.07, 6.45) is 3.33. The van der Waals surface area contributed by atoms with Gasteiger partial charge in [-0.3, -0.25) is 4.79 Å². The van der Waals surface area contributed by atoms with Crippen molar-refractivity contribution in [3.05, 3.63) is 32.7 Å². The van der Waals surface area contributed by atoms with Crippen molar-refractivity contribution in [2.24, 2.45) is 17.6 Å². The van der Waals surface area contributed by atoms with Crippen LogP contribution >= 0.6 is 31.9 Å². The highest BCUT2D eigenvalue weighted by Gasteiger charge is 2.38. The molecule has 1 heterocycles. The van der Waals surface area contributed by atoms with Crippen molar-refractivity contribution in [2.45, 2.75) is 25.3 Å². The molecule has 1 aromatic rings. The van der Waals surface area contributed by atoms with Crippen LogP contribution in [0.4, 0.5) is 0 Å².